The minimum Gasteiger partial charge on any atom is -0.0956 e. The van der Waals surface area contributed by atoms with Crippen LogP contribution in [-0.4, -0.2) is 16.5 Å². The minimum atomic E-state index is 0.125. The average molecular weight is 216 g/mol. The molecule has 0 heterocycles. The number of rotatable bonds is 3. The normalized spacial score (nSPS) is 14.1. The molecular formula is C13H29P. The van der Waals surface area contributed by atoms with E-state index in [0.717, 1.165) is 5.92 Å². The molecule has 1 heteroatoms. The zero-order valence-corrected chi connectivity index (χ0v) is 12.3. The Morgan fingerprint density at radius 1 is 0.857 bits per heavy atom. The minimum absolute atomic E-state index is 0.125. The van der Waals surface area contributed by atoms with Crippen LogP contribution in [0, 0.1) is 5.92 Å². The fraction of sp³-hybridized carbons (Fsp3) is 1.00. The third-order valence-electron chi connectivity index (χ3n) is 2.55. The molecule has 0 radical (unpaired) electrons. The van der Waals surface area contributed by atoms with Gasteiger partial charge in [0.05, 0.1) is 0 Å². The van der Waals surface area contributed by atoms with Crippen molar-refractivity contribution in [2.24, 2.45) is 5.92 Å². The van der Waals surface area contributed by atoms with Crippen LogP contribution in [0.15, 0.2) is 0 Å². The van der Waals surface area contributed by atoms with Gasteiger partial charge in [-0.25, -0.2) is 0 Å². The highest BCUT2D eigenvalue weighted by molar-refractivity contribution is 7.60. The van der Waals surface area contributed by atoms with Crippen LogP contribution in [-0.2, 0) is 0 Å². The third-order valence-corrected chi connectivity index (χ3v) is 6.49. The van der Waals surface area contributed by atoms with Crippen LogP contribution in [0.1, 0.15) is 61.8 Å². The van der Waals surface area contributed by atoms with Gasteiger partial charge in [-0.05, 0) is 28.8 Å². The summed E-state index contributed by atoms with van der Waals surface area (Å²) in [6.45, 7) is 19.1. The van der Waals surface area contributed by atoms with E-state index in [9.17, 15) is 0 Å². The van der Waals surface area contributed by atoms with Crippen LogP contribution >= 0.6 is 7.92 Å². The molecule has 0 saturated heterocycles. The van der Waals surface area contributed by atoms with Gasteiger partial charge in [0.25, 0.3) is 0 Å². The molecule has 86 valence electrons. The quantitative estimate of drug-likeness (QED) is 0.575. The van der Waals surface area contributed by atoms with E-state index in [4.69, 9.17) is 0 Å². The van der Waals surface area contributed by atoms with Crippen LogP contribution in [0.5, 0.6) is 0 Å². The number of hydrogen-bond acceptors (Lipinski definition) is 0. The Kier molecular flexibility index (Phi) is 5.12. The van der Waals surface area contributed by atoms with Crippen LogP contribution < -0.4 is 0 Å². The van der Waals surface area contributed by atoms with Gasteiger partial charge < -0.3 is 0 Å². The molecule has 0 amide bonds. The first-order chi connectivity index (χ1) is 6.05. The molecular weight excluding hydrogens is 187 g/mol. The lowest BCUT2D eigenvalue weighted by atomic mass is 10.2. The highest BCUT2D eigenvalue weighted by Crippen LogP contribution is 2.59. The lowest BCUT2D eigenvalue weighted by Gasteiger charge is -2.42. The Labute approximate surface area is 92.6 Å². The molecule has 0 aliphatic carbocycles. The van der Waals surface area contributed by atoms with Crippen molar-refractivity contribution in [1.29, 1.82) is 0 Å². The Balaban J connectivity index is 4.44. The summed E-state index contributed by atoms with van der Waals surface area (Å²) in [7, 11) is 0.125. The van der Waals surface area contributed by atoms with Crippen LogP contribution in [0.2, 0.25) is 0 Å². The first-order valence-corrected chi connectivity index (χ1v) is 7.35. The van der Waals surface area contributed by atoms with E-state index in [1.807, 2.05) is 0 Å². The standard InChI is InChI=1S/C13H29P/c1-11(2)9-10-14(12(3,4)5)13(6,7)8/h11H,9-10H2,1-8H3. The van der Waals surface area contributed by atoms with Gasteiger partial charge >= 0.3 is 0 Å². The maximum atomic E-state index is 2.41. The van der Waals surface area contributed by atoms with Gasteiger partial charge in [0.15, 0.2) is 0 Å². The van der Waals surface area contributed by atoms with Gasteiger partial charge in [0.1, 0.15) is 0 Å². The largest absolute Gasteiger partial charge is 0.0956 e. The van der Waals surface area contributed by atoms with Crippen molar-refractivity contribution in [3.8, 4) is 0 Å². The van der Waals surface area contributed by atoms with Crippen LogP contribution in [0.25, 0.3) is 0 Å². The van der Waals surface area contributed by atoms with Crippen molar-refractivity contribution in [3.63, 3.8) is 0 Å². The van der Waals surface area contributed by atoms with E-state index in [1.54, 1.807) is 0 Å². The maximum absolute atomic E-state index is 2.41. The molecule has 14 heavy (non-hydrogen) atoms. The summed E-state index contributed by atoms with van der Waals surface area (Å²) in [4.78, 5) is 0. The molecule has 0 bridgehead atoms. The molecule has 0 nitrogen and oxygen atoms in total. The van der Waals surface area contributed by atoms with Gasteiger partial charge in [-0.15, -0.1) is 0 Å². The van der Waals surface area contributed by atoms with E-state index < -0.39 is 0 Å². The highest BCUT2D eigenvalue weighted by Gasteiger charge is 2.33. The molecule has 0 aliphatic heterocycles. The SMILES string of the molecule is CC(C)CCP(C(C)(C)C)C(C)(C)C. The van der Waals surface area contributed by atoms with Gasteiger partial charge in [0.2, 0.25) is 0 Å². The lowest BCUT2D eigenvalue weighted by molar-refractivity contribution is 0.615. The topological polar surface area (TPSA) is 0 Å². The van der Waals surface area contributed by atoms with Crippen LogP contribution in [0.3, 0.4) is 0 Å². The molecule has 0 atom stereocenters. The molecule has 0 aromatic rings. The van der Waals surface area contributed by atoms with Crippen molar-refractivity contribution < 1.29 is 0 Å². The summed E-state index contributed by atoms with van der Waals surface area (Å²) in [6, 6.07) is 0. The van der Waals surface area contributed by atoms with Crippen LogP contribution in [0.4, 0.5) is 0 Å². The molecule has 0 aromatic carbocycles. The first-order valence-electron chi connectivity index (χ1n) is 5.83. The van der Waals surface area contributed by atoms with E-state index >= 15 is 0 Å². The summed E-state index contributed by atoms with van der Waals surface area (Å²) in [5, 5.41) is 1.00. The molecule has 0 N–H and O–H groups in total. The lowest BCUT2D eigenvalue weighted by Crippen LogP contribution is -2.26. The Morgan fingerprint density at radius 2 is 1.21 bits per heavy atom. The molecule has 0 rings (SSSR count). The summed E-state index contributed by atoms with van der Waals surface area (Å²) >= 11 is 0. The van der Waals surface area contributed by atoms with Gasteiger partial charge in [-0.2, -0.15) is 0 Å². The van der Waals surface area contributed by atoms with Crippen molar-refractivity contribution in [1.82, 2.24) is 0 Å². The van der Waals surface area contributed by atoms with E-state index in [2.05, 4.69) is 55.4 Å². The first kappa shape index (κ1) is 14.4. The van der Waals surface area contributed by atoms with Crippen molar-refractivity contribution in [2.75, 3.05) is 6.16 Å². The Bertz CT molecular complexity index is 143. The molecule has 0 aliphatic rings. The van der Waals surface area contributed by atoms with E-state index in [0.29, 0.717) is 10.3 Å². The molecule has 0 fully saturated rings. The zero-order chi connectivity index (χ0) is 11.6. The monoisotopic (exact) mass is 216 g/mol. The second kappa shape index (κ2) is 4.97. The average Bonchev–Trinajstić information content (AvgIpc) is 1.78. The summed E-state index contributed by atoms with van der Waals surface area (Å²) in [5.41, 5.74) is 0. The molecule has 0 spiro atoms. The Hall–Kier alpha value is 0.430. The fourth-order valence-corrected chi connectivity index (χ4v) is 6.19. The smallest absolute Gasteiger partial charge is 0.0175 e. The third kappa shape index (κ3) is 5.35. The second-order valence-electron chi connectivity index (χ2n) is 6.68. The zero-order valence-electron chi connectivity index (χ0n) is 11.4. The maximum Gasteiger partial charge on any atom is -0.0175 e. The van der Waals surface area contributed by atoms with Crippen molar-refractivity contribution in [3.05, 3.63) is 0 Å². The van der Waals surface area contributed by atoms with Crippen molar-refractivity contribution >= 4 is 7.92 Å². The molecule has 0 unspecified atom stereocenters. The van der Waals surface area contributed by atoms with Crippen molar-refractivity contribution in [2.45, 2.75) is 72.1 Å². The predicted octanol–water partition coefficient (Wildman–Crippen LogP) is 5.11. The molecule has 0 saturated carbocycles. The number of hydrogen-bond donors (Lipinski definition) is 0. The summed E-state index contributed by atoms with van der Waals surface area (Å²) in [6.07, 6.45) is 2.82. The fourth-order valence-electron chi connectivity index (χ4n) is 2.06. The van der Waals surface area contributed by atoms with E-state index in [1.165, 1.54) is 12.6 Å². The van der Waals surface area contributed by atoms with Gasteiger partial charge in [-0.3, -0.25) is 0 Å². The van der Waals surface area contributed by atoms with Gasteiger partial charge in [0, 0.05) is 0 Å². The van der Waals surface area contributed by atoms with E-state index in [-0.39, 0.29) is 7.92 Å². The second-order valence-corrected chi connectivity index (χ2v) is 10.7. The summed E-state index contributed by atoms with van der Waals surface area (Å²) in [5.74, 6) is 0.852. The van der Waals surface area contributed by atoms with Gasteiger partial charge in [-0.1, -0.05) is 63.3 Å². The summed E-state index contributed by atoms with van der Waals surface area (Å²) < 4.78 is 0. The Morgan fingerprint density at radius 3 is 1.43 bits per heavy atom. The highest BCUT2D eigenvalue weighted by atomic mass is 31.1. The predicted molar refractivity (Wildman–Crippen MR) is 70.7 cm³/mol. The molecule has 0 aromatic heterocycles.